The molecule has 0 aliphatic carbocycles. The number of carbonyl (C=O) groups is 1. The fourth-order valence-corrected chi connectivity index (χ4v) is 3.87. The van der Waals surface area contributed by atoms with E-state index in [0.29, 0.717) is 11.0 Å². The van der Waals surface area contributed by atoms with E-state index in [-0.39, 0.29) is 11.4 Å². The predicted molar refractivity (Wildman–Crippen MR) is 124 cm³/mol. The number of benzene rings is 3. The molecule has 1 heterocycles. The van der Waals surface area contributed by atoms with Gasteiger partial charge in [-0.3, -0.25) is 19.5 Å². The number of aryl methyl sites for hydroxylation is 1. The van der Waals surface area contributed by atoms with E-state index in [1.807, 2.05) is 66.1 Å². The molecule has 10 heteroatoms. The van der Waals surface area contributed by atoms with Crippen LogP contribution >= 0.6 is 11.8 Å². The van der Waals surface area contributed by atoms with Crippen molar-refractivity contribution < 1.29 is 14.1 Å². The van der Waals surface area contributed by atoms with Gasteiger partial charge < -0.3 is 5.32 Å². The van der Waals surface area contributed by atoms with E-state index in [1.165, 1.54) is 17.8 Å². The molecule has 1 aromatic heterocycles. The second kappa shape index (κ2) is 9.61. The van der Waals surface area contributed by atoms with Crippen molar-refractivity contribution in [1.29, 1.82) is 0 Å². The number of hydrogen-bond acceptors (Lipinski definition) is 6. The molecule has 0 radical (unpaired) electrons. The van der Waals surface area contributed by atoms with Gasteiger partial charge in [0.05, 0.1) is 10.7 Å². The molecule has 0 spiro atoms. The Morgan fingerprint density at radius 3 is 2.52 bits per heavy atom. The highest BCUT2D eigenvalue weighted by molar-refractivity contribution is 7.99. The third kappa shape index (κ3) is 5.07. The van der Waals surface area contributed by atoms with Gasteiger partial charge in [0.15, 0.2) is 11.0 Å². The van der Waals surface area contributed by atoms with Crippen LogP contribution < -0.4 is 5.32 Å². The maximum absolute atomic E-state index is 13.5. The van der Waals surface area contributed by atoms with Crippen LogP contribution in [0.15, 0.2) is 78.0 Å². The van der Waals surface area contributed by atoms with Crippen LogP contribution in [0.5, 0.6) is 0 Å². The number of amides is 1. The lowest BCUT2D eigenvalue weighted by Gasteiger charge is -2.11. The molecule has 4 aromatic rings. The van der Waals surface area contributed by atoms with Crippen molar-refractivity contribution in [1.82, 2.24) is 14.8 Å². The average molecular weight is 463 g/mol. The highest BCUT2D eigenvalue weighted by atomic mass is 32.2. The van der Waals surface area contributed by atoms with E-state index in [9.17, 15) is 19.3 Å². The minimum Gasteiger partial charge on any atom is -0.325 e. The van der Waals surface area contributed by atoms with Gasteiger partial charge in [-0.05, 0) is 31.2 Å². The Kier molecular flexibility index (Phi) is 6.45. The second-order valence-corrected chi connectivity index (χ2v) is 8.05. The number of nitro groups is 1. The zero-order valence-corrected chi connectivity index (χ0v) is 18.3. The smallest absolute Gasteiger partial charge is 0.306 e. The number of nitrogens with one attached hydrogen (secondary N) is 1. The number of carbonyl (C=O) groups excluding carboxylic acids is 1. The molecular weight excluding hydrogens is 445 g/mol. The van der Waals surface area contributed by atoms with Gasteiger partial charge in [0.2, 0.25) is 11.7 Å². The van der Waals surface area contributed by atoms with Crippen LogP contribution in [0.2, 0.25) is 0 Å². The number of thioether (sulfide) groups is 1. The van der Waals surface area contributed by atoms with Gasteiger partial charge in [0.1, 0.15) is 0 Å². The van der Waals surface area contributed by atoms with Gasteiger partial charge in [-0.1, -0.05) is 59.8 Å². The zero-order valence-electron chi connectivity index (χ0n) is 17.4. The molecular formula is C23H18FN5O3S. The maximum atomic E-state index is 13.5. The lowest BCUT2D eigenvalue weighted by molar-refractivity contribution is -0.387. The number of nitrogens with zero attached hydrogens (tertiary/aromatic N) is 4. The van der Waals surface area contributed by atoms with Crippen molar-refractivity contribution in [3.8, 4) is 17.1 Å². The quantitative estimate of drug-likeness (QED) is 0.234. The summed E-state index contributed by atoms with van der Waals surface area (Å²) < 4.78 is 15.4. The van der Waals surface area contributed by atoms with Crippen molar-refractivity contribution in [2.24, 2.45) is 0 Å². The molecule has 0 aliphatic heterocycles. The molecule has 3 aromatic carbocycles. The van der Waals surface area contributed by atoms with Crippen LogP contribution in [0.1, 0.15) is 5.56 Å². The molecule has 0 saturated heterocycles. The van der Waals surface area contributed by atoms with Gasteiger partial charge in [-0.15, -0.1) is 10.2 Å². The molecule has 0 unspecified atom stereocenters. The van der Waals surface area contributed by atoms with Crippen LogP contribution in [-0.4, -0.2) is 31.3 Å². The summed E-state index contributed by atoms with van der Waals surface area (Å²) in [7, 11) is 0. The summed E-state index contributed by atoms with van der Waals surface area (Å²) in [6.45, 7) is 1.99. The number of rotatable bonds is 7. The molecule has 1 amide bonds. The molecule has 166 valence electrons. The standard InChI is InChI=1S/C23H18FN5O3S/c1-15-7-10-18(11-8-15)28-22(16-5-3-2-4-6-16)26-27-23(28)33-14-21(30)25-17-9-12-19(24)20(13-17)29(31)32/h2-13H,14H2,1H3,(H,25,30). The second-order valence-electron chi connectivity index (χ2n) is 7.10. The summed E-state index contributed by atoms with van der Waals surface area (Å²) in [5.41, 5.74) is 2.27. The fraction of sp³-hybridized carbons (Fsp3) is 0.0870. The summed E-state index contributed by atoms with van der Waals surface area (Å²) in [4.78, 5) is 22.5. The predicted octanol–water partition coefficient (Wildman–Crippen LogP) is 5.02. The van der Waals surface area contributed by atoms with Gasteiger partial charge in [0.25, 0.3) is 0 Å². The van der Waals surface area contributed by atoms with E-state index >= 15 is 0 Å². The largest absolute Gasteiger partial charge is 0.325 e. The summed E-state index contributed by atoms with van der Waals surface area (Å²) in [6, 6.07) is 20.6. The minimum atomic E-state index is -0.966. The monoisotopic (exact) mass is 463 g/mol. The summed E-state index contributed by atoms with van der Waals surface area (Å²) in [5.74, 6) is -0.770. The van der Waals surface area contributed by atoms with Crippen LogP contribution in [0.25, 0.3) is 17.1 Å². The van der Waals surface area contributed by atoms with Crippen molar-refractivity contribution in [3.05, 3.63) is 94.3 Å². The molecule has 0 fully saturated rings. The van der Waals surface area contributed by atoms with E-state index in [4.69, 9.17) is 0 Å². The highest BCUT2D eigenvalue weighted by Gasteiger charge is 2.18. The number of hydrogen-bond donors (Lipinski definition) is 1. The van der Waals surface area contributed by atoms with Crippen LogP contribution in [-0.2, 0) is 4.79 Å². The minimum absolute atomic E-state index is 0.0239. The third-order valence-electron chi connectivity index (χ3n) is 4.72. The van der Waals surface area contributed by atoms with Crippen molar-refractivity contribution in [2.45, 2.75) is 12.1 Å². The summed E-state index contributed by atoms with van der Waals surface area (Å²) >= 11 is 1.17. The van der Waals surface area contributed by atoms with E-state index in [1.54, 1.807) is 0 Å². The average Bonchev–Trinajstić information content (AvgIpc) is 3.24. The Balaban J connectivity index is 1.56. The van der Waals surface area contributed by atoms with Gasteiger partial charge in [0, 0.05) is 23.0 Å². The normalized spacial score (nSPS) is 10.7. The van der Waals surface area contributed by atoms with E-state index in [0.717, 1.165) is 28.9 Å². The Hall–Kier alpha value is -4.05. The first-order valence-corrected chi connectivity index (χ1v) is 10.9. The van der Waals surface area contributed by atoms with Crippen LogP contribution in [0.3, 0.4) is 0 Å². The van der Waals surface area contributed by atoms with Crippen LogP contribution in [0.4, 0.5) is 15.8 Å². The lowest BCUT2D eigenvalue weighted by atomic mass is 10.2. The lowest BCUT2D eigenvalue weighted by Crippen LogP contribution is -2.15. The number of halogens is 1. The Labute approximate surface area is 192 Å². The highest BCUT2D eigenvalue weighted by Crippen LogP contribution is 2.28. The van der Waals surface area contributed by atoms with Crippen molar-refractivity contribution >= 4 is 29.0 Å². The SMILES string of the molecule is Cc1ccc(-n2c(SCC(=O)Nc3ccc(F)c([N+](=O)[O-])c3)nnc2-c2ccccc2)cc1. The number of anilines is 1. The number of nitro benzene ring substituents is 1. The van der Waals surface area contributed by atoms with Gasteiger partial charge in [-0.2, -0.15) is 4.39 Å². The third-order valence-corrected chi connectivity index (χ3v) is 5.65. The molecule has 4 rings (SSSR count). The summed E-state index contributed by atoms with van der Waals surface area (Å²) in [5, 5.41) is 22.6. The first kappa shape index (κ1) is 22.2. The first-order valence-electron chi connectivity index (χ1n) is 9.87. The molecule has 0 saturated carbocycles. The van der Waals surface area contributed by atoms with Crippen molar-refractivity contribution in [2.75, 3.05) is 11.1 Å². The number of aromatic nitrogens is 3. The van der Waals surface area contributed by atoms with Crippen LogP contribution in [0, 0.1) is 22.9 Å². The van der Waals surface area contributed by atoms with Crippen molar-refractivity contribution in [3.63, 3.8) is 0 Å². The van der Waals surface area contributed by atoms with E-state index in [2.05, 4.69) is 15.5 Å². The summed E-state index contributed by atoms with van der Waals surface area (Å²) in [6.07, 6.45) is 0. The fourth-order valence-electron chi connectivity index (χ4n) is 3.12. The maximum Gasteiger partial charge on any atom is 0.306 e. The molecule has 1 N–H and O–H groups in total. The van der Waals surface area contributed by atoms with Gasteiger partial charge >= 0.3 is 5.69 Å². The molecule has 0 atom stereocenters. The molecule has 0 aliphatic rings. The topological polar surface area (TPSA) is 103 Å². The van der Waals surface area contributed by atoms with Gasteiger partial charge in [-0.25, -0.2) is 0 Å². The Morgan fingerprint density at radius 2 is 1.82 bits per heavy atom. The molecule has 0 bridgehead atoms. The Bertz CT molecular complexity index is 1310. The first-order chi connectivity index (χ1) is 15.9. The Morgan fingerprint density at radius 1 is 1.09 bits per heavy atom. The molecule has 33 heavy (non-hydrogen) atoms. The zero-order chi connectivity index (χ0) is 23.4. The van der Waals surface area contributed by atoms with E-state index < -0.39 is 22.3 Å². The molecule has 8 nitrogen and oxygen atoms in total.